The van der Waals surface area contributed by atoms with Crippen molar-refractivity contribution in [2.75, 3.05) is 0 Å². The Morgan fingerprint density at radius 1 is 0.967 bits per heavy atom. The van der Waals surface area contributed by atoms with E-state index in [2.05, 4.69) is 0 Å². The van der Waals surface area contributed by atoms with Crippen molar-refractivity contribution in [1.29, 1.82) is 0 Å². The monoisotopic (exact) mass is 414 g/mol. The van der Waals surface area contributed by atoms with Gasteiger partial charge >= 0.3 is 17.6 Å². The van der Waals surface area contributed by atoms with Crippen molar-refractivity contribution in [1.82, 2.24) is 0 Å². The summed E-state index contributed by atoms with van der Waals surface area (Å²) >= 11 is 0. The first-order valence-corrected chi connectivity index (χ1v) is 8.45. The first-order chi connectivity index (χ1) is 14.1. The third kappa shape index (κ3) is 4.41. The molecule has 2 aromatic carbocycles. The predicted molar refractivity (Wildman–Crippen MR) is 101 cm³/mol. The van der Waals surface area contributed by atoms with Gasteiger partial charge in [0.15, 0.2) is 0 Å². The maximum absolute atomic E-state index is 12.1. The van der Waals surface area contributed by atoms with Crippen LogP contribution in [-0.2, 0) is 19.1 Å². The van der Waals surface area contributed by atoms with Crippen LogP contribution in [0.2, 0.25) is 0 Å². The van der Waals surface area contributed by atoms with Crippen LogP contribution in [0.25, 0.3) is 6.08 Å². The molecule has 11 heteroatoms. The van der Waals surface area contributed by atoms with Crippen molar-refractivity contribution in [2.45, 2.75) is 19.6 Å². The molecule has 11 nitrogen and oxygen atoms in total. The van der Waals surface area contributed by atoms with Crippen molar-refractivity contribution >= 4 is 29.4 Å². The molecule has 0 saturated carbocycles. The molecule has 1 saturated heterocycles. The summed E-state index contributed by atoms with van der Waals surface area (Å²) in [5.74, 6) is -3.15. The Morgan fingerprint density at radius 2 is 1.63 bits per heavy atom. The largest absolute Gasteiger partial charge is 0.450 e. The second kappa shape index (κ2) is 7.62. The summed E-state index contributed by atoms with van der Waals surface area (Å²) in [6.07, 6.45) is 1.23. The van der Waals surface area contributed by atoms with Crippen LogP contribution in [0.3, 0.4) is 0 Å². The van der Waals surface area contributed by atoms with Crippen molar-refractivity contribution in [3.05, 3.63) is 73.8 Å². The topological polar surface area (TPSA) is 148 Å². The minimum absolute atomic E-state index is 0.138. The van der Waals surface area contributed by atoms with E-state index < -0.39 is 38.9 Å². The molecule has 1 heterocycles. The lowest BCUT2D eigenvalue weighted by Gasteiger charge is -2.29. The summed E-state index contributed by atoms with van der Waals surface area (Å²) in [6.45, 7) is 2.84. The van der Waals surface area contributed by atoms with E-state index in [4.69, 9.17) is 14.2 Å². The molecule has 154 valence electrons. The molecule has 0 bridgehead atoms. The van der Waals surface area contributed by atoms with Gasteiger partial charge in [0.05, 0.1) is 15.9 Å². The Labute approximate surface area is 168 Å². The summed E-state index contributed by atoms with van der Waals surface area (Å²) in [5, 5.41) is 22.1. The van der Waals surface area contributed by atoms with Crippen molar-refractivity contribution < 1.29 is 33.6 Å². The molecule has 0 radical (unpaired) electrons. The van der Waals surface area contributed by atoms with Crippen LogP contribution >= 0.6 is 0 Å². The SMILES string of the molecule is CC1(C)OC(=O)C(=Cc2cccc(Oc3ccc([N+](=O)[O-])cc3[N+](=O)[O-])c2)C(=O)O1. The van der Waals surface area contributed by atoms with Gasteiger partial charge in [0.1, 0.15) is 11.3 Å². The number of nitro groups is 2. The zero-order valence-electron chi connectivity index (χ0n) is 15.7. The van der Waals surface area contributed by atoms with Crippen LogP contribution in [0.15, 0.2) is 48.0 Å². The summed E-state index contributed by atoms with van der Waals surface area (Å²) in [7, 11) is 0. The van der Waals surface area contributed by atoms with E-state index >= 15 is 0 Å². The number of carbonyl (C=O) groups excluding carboxylic acids is 2. The molecule has 30 heavy (non-hydrogen) atoms. The highest BCUT2D eigenvalue weighted by atomic mass is 16.7. The quantitative estimate of drug-likeness (QED) is 0.235. The van der Waals surface area contributed by atoms with E-state index in [-0.39, 0.29) is 17.1 Å². The van der Waals surface area contributed by atoms with E-state index in [1.54, 1.807) is 6.07 Å². The average molecular weight is 414 g/mol. The molecule has 0 aliphatic carbocycles. The first-order valence-electron chi connectivity index (χ1n) is 8.45. The molecule has 0 atom stereocenters. The van der Waals surface area contributed by atoms with Gasteiger partial charge in [-0.3, -0.25) is 20.2 Å². The molecule has 0 aromatic heterocycles. The fourth-order valence-corrected chi connectivity index (χ4v) is 2.59. The lowest BCUT2D eigenvalue weighted by Crippen LogP contribution is -2.41. The highest BCUT2D eigenvalue weighted by Gasteiger charge is 2.38. The number of cyclic esters (lactones) is 2. The van der Waals surface area contributed by atoms with Gasteiger partial charge in [0, 0.05) is 19.9 Å². The Bertz CT molecular complexity index is 1080. The minimum atomic E-state index is -1.37. The summed E-state index contributed by atoms with van der Waals surface area (Å²) in [6, 6.07) is 8.96. The lowest BCUT2D eigenvalue weighted by molar-refractivity contribution is -0.394. The third-order valence-corrected chi connectivity index (χ3v) is 3.86. The predicted octanol–water partition coefficient (Wildman–Crippen LogP) is 3.51. The molecule has 1 aliphatic heterocycles. The number of esters is 2. The fraction of sp³-hybridized carbons (Fsp3) is 0.158. The number of carbonyl (C=O) groups is 2. The summed E-state index contributed by atoms with van der Waals surface area (Å²) in [5.41, 5.74) is -1.01. The van der Waals surface area contributed by atoms with Crippen molar-refractivity contribution in [3.8, 4) is 11.5 Å². The zero-order valence-corrected chi connectivity index (χ0v) is 15.7. The van der Waals surface area contributed by atoms with Crippen LogP contribution < -0.4 is 4.74 Å². The van der Waals surface area contributed by atoms with Crippen LogP contribution in [-0.4, -0.2) is 27.6 Å². The molecule has 0 N–H and O–H groups in total. The average Bonchev–Trinajstić information content (AvgIpc) is 2.64. The Hall–Kier alpha value is -4.28. The Balaban J connectivity index is 1.90. The third-order valence-electron chi connectivity index (χ3n) is 3.86. The van der Waals surface area contributed by atoms with E-state index in [1.165, 1.54) is 38.1 Å². The zero-order chi connectivity index (χ0) is 22.1. The molecule has 2 aromatic rings. The van der Waals surface area contributed by atoms with Gasteiger partial charge in [0.25, 0.3) is 11.5 Å². The molecular weight excluding hydrogens is 400 g/mol. The van der Waals surface area contributed by atoms with Gasteiger partial charge in [-0.05, 0) is 29.8 Å². The highest BCUT2D eigenvalue weighted by Crippen LogP contribution is 2.35. The number of rotatable bonds is 5. The van der Waals surface area contributed by atoms with Gasteiger partial charge in [-0.25, -0.2) is 9.59 Å². The highest BCUT2D eigenvalue weighted by molar-refractivity contribution is 6.18. The second-order valence-electron chi connectivity index (χ2n) is 6.58. The number of benzene rings is 2. The Kier molecular flexibility index (Phi) is 5.20. The lowest BCUT2D eigenvalue weighted by atomic mass is 10.1. The van der Waals surface area contributed by atoms with Crippen LogP contribution in [0.5, 0.6) is 11.5 Å². The number of nitro benzene ring substituents is 2. The minimum Gasteiger partial charge on any atom is -0.450 e. The number of non-ortho nitro benzene ring substituents is 1. The maximum Gasteiger partial charge on any atom is 0.348 e. The maximum atomic E-state index is 12.1. The smallest absolute Gasteiger partial charge is 0.348 e. The van der Waals surface area contributed by atoms with Crippen LogP contribution in [0.4, 0.5) is 11.4 Å². The van der Waals surface area contributed by atoms with Gasteiger partial charge < -0.3 is 14.2 Å². The van der Waals surface area contributed by atoms with Gasteiger partial charge in [-0.15, -0.1) is 0 Å². The molecule has 0 spiro atoms. The number of hydrogen-bond donors (Lipinski definition) is 0. The molecule has 0 unspecified atom stereocenters. The van der Waals surface area contributed by atoms with E-state index in [0.29, 0.717) is 5.56 Å². The van der Waals surface area contributed by atoms with Crippen molar-refractivity contribution in [2.24, 2.45) is 0 Å². The summed E-state index contributed by atoms with van der Waals surface area (Å²) in [4.78, 5) is 44.6. The summed E-state index contributed by atoms with van der Waals surface area (Å²) < 4.78 is 15.5. The van der Waals surface area contributed by atoms with Gasteiger partial charge in [0.2, 0.25) is 5.75 Å². The molecular formula is C19H14N2O9. The van der Waals surface area contributed by atoms with Crippen LogP contribution in [0, 0.1) is 20.2 Å². The second-order valence-corrected chi connectivity index (χ2v) is 6.58. The molecule has 0 amide bonds. The van der Waals surface area contributed by atoms with Gasteiger partial charge in [-0.1, -0.05) is 12.1 Å². The molecule has 3 rings (SSSR count). The van der Waals surface area contributed by atoms with Gasteiger partial charge in [-0.2, -0.15) is 0 Å². The van der Waals surface area contributed by atoms with E-state index in [9.17, 15) is 29.8 Å². The van der Waals surface area contributed by atoms with Crippen molar-refractivity contribution in [3.63, 3.8) is 0 Å². The molecule has 1 aliphatic rings. The normalized spacial score (nSPS) is 15.1. The standard InChI is InChI=1S/C19H14N2O9/c1-19(2)29-17(22)14(18(23)30-19)9-11-4-3-5-13(8-11)28-16-7-6-12(20(24)25)10-15(16)21(26)27/h3-10H,1-2H3. The number of ether oxygens (including phenoxy) is 3. The van der Waals surface area contributed by atoms with Crippen LogP contribution in [0.1, 0.15) is 19.4 Å². The van der Waals surface area contributed by atoms with E-state index in [0.717, 1.165) is 18.2 Å². The first kappa shape index (κ1) is 20.5. The van der Waals surface area contributed by atoms with E-state index in [1.807, 2.05) is 0 Å². The number of nitrogens with zero attached hydrogens (tertiary/aromatic N) is 2. The Morgan fingerprint density at radius 3 is 2.23 bits per heavy atom. The molecule has 1 fully saturated rings. The fourth-order valence-electron chi connectivity index (χ4n) is 2.59. The number of hydrogen-bond acceptors (Lipinski definition) is 9.